The van der Waals surface area contributed by atoms with Crippen LogP contribution in [0.3, 0.4) is 0 Å². The van der Waals surface area contributed by atoms with E-state index in [4.69, 9.17) is 5.26 Å². The molecule has 17 heavy (non-hydrogen) atoms. The van der Waals surface area contributed by atoms with Crippen molar-refractivity contribution in [1.82, 2.24) is 0 Å². The van der Waals surface area contributed by atoms with Gasteiger partial charge < -0.3 is 0 Å². The number of halogens is 1. The molecule has 0 aliphatic carbocycles. The average Bonchev–Trinajstić information content (AvgIpc) is 2.28. The number of nitrogens with zero attached hydrogens (tertiary/aromatic N) is 1. The molecule has 0 aromatic heterocycles. The van der Waals surface area contributed by atoms with E-state index < -0.39 is 5.92 Å². The topological polar surface area (TPSA) is 40.9 Å². The number of nitriles is 1. The van der Waals surface area contributed by atoms with E-state index in [9.17, 15) is 9.18 Å². The van der Waals surface area contributed by atoms with Crippen LogP contribution in [0.2, 0.25) is 0 Å². The summed E-state index contributed by atoms with van der Waals surface area (Å²) in [6, 6.07) is 6.23. The van der Waals surface area contributed by atoms with Crippen LogP contribution in [0, 0.1) is 35.9 Å². The molecule has 0 fully saturated rings. The number of rotatable bonds is 4. The first-order chi connectivity index (χ1) is 7.95. The minimum absolute atomic E-state index is 0.218. The molecule has 0 aliphatic heterocycles. The minimum atomic E-state index is -0.639. The lowest BCUT2D eigenvalue weighted by atomic mass is 9.90. The number of benzene rings is 1. The van der Waals surface area contributed by atoms with E-state index in [1.54, 1.807) is 6.92 Å². The molecule has 0 N–H and O–H groups in total. The summed E-state index contributed by atoms with van der Waals surface area (Å²) in [7, 11) is 0. The zero-order valence-electron chi connectivity index (χ0n) is 10.3. The summed E-state index contributed by atoms with van der Waals surface area (Å²) >= 11 is 0. The van der Waals surface area contributed by atoms with Gasteiger partial charge in [0.2, 0.25) is 0 Å². The third-order valence-corrected chi connectivity index (χ3v) is 2.62. The maximum Gasteiger partial charge on any atom is 0.179 e. The van der Waals surface area contributed by atoms with Crippen LogP contribution in [0.4, 0.5) is 4.39 Å². The standard InChI is InChI=1S/C14H16FNO/c1-9(2)6-12(8-16)14(17)11-4-5-13(15)10(3)7-11/h4-5,7,9,12H,6H2,1-3H3. The Labute approximate surface area is 101 Å². The number of hydrogen-bond donors (Lipinski definition) is 0. The lowest BCUT2D eigenvalue weighted by Gasteiger charge is -2.11. The van der Waals surface area contributed by atoms with E-state index in [-0.39, 0.29) is 17.5 Å². The number of Topliss-reactive ketones (excluding diaryl/α,β-unsaturated/α-hetero) is 1. The van der Waals surface area contributed by atoms with Crippen LogP contribution in [0.15, 0.2) is 18.2 Å². The highest BCUT2D eigenvalue weighted by Gasteiger charge is 2.21. The first-order valence-corrected chi connectivity index (χ1v) is 5.65. The minimum Gasteiger partial charge on any atom is -0.293 e. The summed E-state index contributed by atoms with van der Waals surface area (Å²) in [5, 5.41) is 8.99. The normalized spacial score (nSPS) is 12.2. The Morgan fingerprint density at radius 2 is 2.12 bits per heavy atom. The Bertz CT molecular complexity index is 460. The van der Waals surface area contributed by atoms with Gasteiger partial charge in [-0.3, -0.25) is 4.79 Å². The summed E-state index contributed by atoms with van der Waals surface area (Å²) in [4.78, 5) is 12.0. The van der Waals surface area contributed by atoms with Gasteiger partial charge in [0.05, 0.1) is 6.07 Å². The van der Waals surface area contributed by atoms with Gasteiger partial charge >= 0.3 is 0 Å². The van der Waals surface area contributed by atoms with Crippen LogP contribution < -0.4 is 0 Å². The molecular weight excluding hydrogens is 217 g/mol. The van der Waals surface area contributed by atoms with Gasteiger partial charge in [-0.15, -0.1) is 0 Å². The predicted octanol–water partition coefficient (Wildman–Crippen LogP) is 3.50. The number of aryl methyl sites for hydroxylation is 1. The first kappa shape index (κ1) is 13.4. The quantitative estimate of drug-likeness (QED) is 0.747. The third kappa shape index (κ3) is 3.39. The van der Waals surface area contributed by atoms with Crippen LogP contribution in [0.25, 0.3) is 0 Å². The molecule has 1 aromatic rings. The van der Waals surface area contributed by atoms with Gasteiger partial charge in [-0.25, -0.2) is 4.39 Å². The van der Waals surface area contributed by atoms with Crippen molar-refractivity contribution in [2.24, 2.45) is 11.8 Å². The van der Waals surface area contributed by atoms with Gasteiger partial charge in [-0.05, 0) is 43.0 Å². The van der Waals surface area contributed by atoms with Gasteiger partial charge in [0.25, 0.3) is 0 Å². The van der Waals surface area contributed by atoms with Gasteiger partial charge in [-0.1, -0.05) is 13.8 Å². The van der Waals surface area contributed by atoms with Gasteiger partial charge in [0.1, 0.15) is 11.7 Å². The van der Waals surface area contributed by atoms with Crippen LogP contribution in [-0.2, 0) is 0 Å². The van der Waals surface area contributed by atoms with Crippen molar-refractivity contribution in [2.75, 3.05) is 0 Å². The Balaban J connectivity index is 2.95. The van der Waals surface area contributed by atoms with Crippen LogP contribution >= 0.6 is 0 Å². The number of carbonyl (C=O) groups excluding carboxylic acids is 1. The summed E-state index contributed by atoms with van der Waals surface area (Å²) < 4.78 is 13.1. The van der Waals surface area contributed by atoms with Gasteiger partial charge in [0, 0.05) is 5.56 Å². The molecule has 1 aromatic carbocycles. The summed E-state index contributed by atoms with van der Waals surface area (Å²) in [6.07, 6.45) is 0.533. The molecule has 0 saturated carbocycles. The third-order valence-electron chi connectivity index (χ3n) is 2.62. The summed E-state index contributed by atoms with van der Waals surface area (Å²) in [6.45, 7) is 5.54. The second-order valence-corrected chi connectivity index (χ2v) is 4.64. The lowest BCUT2D eigenvalue weighted by Crippen LogP contribution is -2.15. The molecule has 1 atom stereocenters. The van der Waals surface area contributed by atoms with Crippen molar-refractivity contribution in [2.45, 2.75) is 27.2 Å². The van der Waals surface area contributed by atoms with Crippen molar-refractivity contribution in [3.63, 3.8) is 0 Å². The van der Waals surface area contributed by atoms with Crippen LogP contribution in [0.1, 0.15) is 36.2 Å². The molecule has 1 unspecified atom stereocenters. The molecule has 0 saturated heterocycles. The molecule has 0 aliphatic rings. The van der Waals surface area contributed by atoms with E-state index >= 15 is 0 Å². The van der Waals surface area contributed by atoms with E-state index in [1.165, 1.54) is 18.2 Å². The maximum absolute atomic E-state index is 13.1. The largest absolute Gasteiger partial charge is 0.293 e. The molecule has 1 rings (SSSR count). The second kappa shape index (κ2) is 5.58. The molecule has 0 amide bonds. The van der Waals surface area contributed by atoms with Crippen molar-refractivity contribution < 1.29 is 9.18 Å². The Kier molecular flexibility index (Phi) is 4.39. The second-order valence-electron chi connectivity index (χ2n) is 4.64. The molecule has 0 radical (unpaired) electrons. The number of carbonyl (C=O) groups is 1. The monoisotopic (exact) mass is 233 g/mol. The van der Waals surface area contributed by atoms with Gasteiger partial charge in [0.15, 0.2) is 5.78 Å². The molecule has 0 heterocycles. The smallest absolute Gasteiger partial charge is 0.179 e. The average molecular weight is 233 g/mol. The Morgan fingerprint density at radius 3 is 2.59 bits per heavy atom. The van der Waals surface area contributed by atoms with Crippen molar-refractivity contribution in [3.8, 4) is 6.07 Å². The predicted molar refractivity (Wildman–Crippen MR) is 64.0 cm³/mol. The molecule has 3 heteroatoms. The van der Waals surface area contributed by atoms with Crippen molar-refractivity contribution in [1.29, 1.82) is 5.26 Å². The molecule has 0 bridgehead atoms. The summed E-state index contributed by atoms with van der Waals surface area (Å²) in [5.41, 5.74) is 0.841. The highest BCUT2D eigenvalue weighted by molar-refractivity contribution is 5.99. The van der Waals surface area contributed by atoms with Crippen molar-refractivity contribution >= 4 is 5.78 Å². The Morgan fingerprint density at radius 1 is 1.47 bits per heavy atom. The number of hydrogen-bond acceptors (Lipinski definition) is 2. The van der Waals surface area contributed by atoms with E-state index in [2.05, 4.69) is 0 Å². The van der Waals surface area contributed by atoms with Crippen molar-refractivity contribution in [3.05, 3.63) is 35.1 Å². The summed E-state index contributed by atoms with van der Waals surface area (Å²) in [5.74, 6) is -0.909. The lowest BCUT2D eigenvalue weighted by molar-refractivity contribution is 0.0937. The number of ketones is 1. The fraction of sp³-hybridized carbons (Fsp3) is 0.429. The van der Waals surface area contributed by atoms with E-state index in [1.807, 2.05) is 19.9 Å². The zero-order chi connectivity index (χ0) is 13.0. The zero-order valence-corrected chi connectivity index (χ0v) is 10.3. The fourth-order valence-corrected chi connectivity index (χ4v) is 1.69. The fourth-order valence-electron chi connectivity index (χ4n) is 1.69. The Hall–Kier alpha value is -1.69. The SMILES string of the molecule is Cc1cc(C(=O)C(C#N)CC(C)C)ccc1F. The molecular formula is C14H16FNO. The van der Waals surface area contributed by atoms with E-state index in [0.29, 0.717) is 17.5 Å². The molecule has 0 spiro atoms. The first-order valence-electron chi connectivity index (χ1n) is 5.65. The molecule has 2 nitrogen and oxygen atoms in total. The van der Waals surface area contributed by atoms with Crippen LogP contribution in [0.5, 0.6) is 0 Å². The molecule has 90 valence electrons. The van der Waals surface area contributed by atoms with Gasteiger partial charge in [-0.2, -0.15) is 5.26 Å². The highest BCUT2D eigenvalue weighted by Crippen LogP contribution is 2.18. The van der Waals surface area contributed by atoms with E-state index in [0.717, 1.165) is 0 Å². The highest BCUT2D eigenvalue weighted by atomic mass is 19.1. The maximum atomic E-state index is 13.1. The van der Waals surface area contributed by atoms with Crippen LogP contribution in [-0.4, -0.2) is 5.78 Å².